The first-order chi connectivity index (χ1) is 9.11. The number of guanidine groups is 1. The normalized spacial score (nSPS) is 10.9. The molecule has 120 valence electrons. The molecule has 0 rings (SSSR count). The van der Waals surface area contributed by atoms with E-state index in [1.165, 1.54) is 0 Å². The van der Waals surface area contributed by atoms with Crippen molar-refractivity contribution in [2.75, 3.05) is 39.4 Å². The first-order valence-electron chi connectivity index (χ1n) is 6.99. The van der Waals surface area contributed by atoms with Crippen LogP contribution in [0.4, 0.5) is 0 Å². The number of carbonyl (C=O) groups is 1. The van der Waals surface area contributed by atoms with E-state index in [1.807, 2.05) is 27.7 Å². The standard InChI is InChI=1S/C13H28N4O2.HI/c1-5-14-13(17-9-10-19-6-2)16-8-7-15-12(18)11(3)4;/h11H,5-10H2,1-4H3,(H,15,18)(H2,14,16,17);1H. The lowest BCUT2D eigenvalue weighted by atomic mass is 10.2. The third-order valence-electron chi connectivity index (χ3n) is 2.29. The molecule has 0 atom stereocenters. The van der Waals surface area contributed by atoms with Gasteiger partial charge in [-0.05, 0) is 13.8 Å². The fourth-order valence-electron chi connectivity index (χ4n) is 1.28. The second-order valence-electron chi connectivity index (χ2n) is 4.33. The van der Waals surface area contributed by atoms with E-state index < -0.39 is 0 Å². The van der Waals surface area contributed by atoms with Gasteiger partial charge >= 0.3 is 0 Å². The van der Waals surface area contributed by atoms with Gasteiger partial charge in [0, 0.05) is 32.2 Å². The maximum atomic E-state index is 11.4. The van der Waals surface area contributed by atoms with Gasteiger partial charge in [0.05, 0.1) is 13.2 Å². The van der Waals surface area contributed by atoms with Crippen LogP contribution in [-0.4, -0.2) is 51.3 Å². The van der Waals surface area contributed by atoms with E-state index in [1.54, 1.807) is 0 Å². The third kappa shape index (κ3) is 12.5. The Balaban J connectivity index is 0. The highest BCUT2D eigenvalue weighted by atomic mass is 127. The van der Waals surface area contributed by atoms with Crippen LogP contribution in [0, 0.1) is 5.92 Å². The molecule has 0 saturated heterocycles. The Hall–Kier alpha value is -0.570. The number of nitrogens with zero attached hydrogens (tertiary/aromatic N) is 1. The van der Waals surface area contributed by atoms with Gasteiger partial charge in [-0.2, -0.15) is 0 Å². The molecule has 7 heteroatoms. The molecular formula is C13H29IN4O2. The maximum Gasteiger partial charge on any atom is 0.222 e. The monoisotopic (exact) mass is 400 g/mol. The number of rotatable bonds is 9. The molecule has 6 nitrogen and oxygen atoms in total. The highest BCUT2D eigenvalue weighted by Crippen LogP contribution is 1.88. The Labute approximate surface area is 139 Å². The number of carbonyl (C=O) groups excluding carboxylic acids is 1. The Kier molecular flexibility index (Phi) is 16.1. The molecule has 0 unspecified atom stereocenters. The second-order valence-corrected chi connectivity index (χ2v) is 4.33. The van der Waals surface area contributed by atoms with Crippen LogP contribution in [-0.2, 0) is 9.53 Å². The van der Waals surface area contributed by atoms with Crippen LogP contribution in [0.15, 0.2) is 4.99 Å². The van der Waals surface area contributed by atoms with Crippen molar-refractivity contribution in [2.45, 2.75) is 27.7 Å². The summed E-state index contributed by atoms with van der Waals surface area (Å²) in [6, 6.07) is 0. The van der Waals surface area contributed by atoms with Gasteiger partial charge < -0.3 is 20.7 Å². The van der Waals surface area contributed by atoms with Gasteiger partial charge in [0.25, 0.3) is 0 Å². The summed E-state index contributed by atoms with van der Waals surface area (Å²) in [4.78, 5) is 15.7. The number of amides is 1. The lowest BCUT2D eigenvalue weighted by Gasteiger charge is -2.12. The van der Waals surface area contributed by atoms with Gasteiger partial charge in [0.15, 0.2) is 5.96 Å². The molecule has 0 fully saturated rings. The van der Waals surface area contributed by atoms with E-state index in [0.29, 0.717) is 32.8 Å². The van der Waals surface area contributed by atoms with E-state index in [-0.39, 0.29) is 35.8 Å². The minimum atomic E-state index is 0. The van der Waals surface area contributed by atoms with E-state index in [4.69, 9.17) is 4.74 Å². The quantitative estimate of drug-likeness (QED) is 0.233. The lowest BCUT2D eigenvalue weighted by molar-refractivity contribution is -0.123. The van der Waals surface area contributed by atoms with Gasteiger partial charge in [0.2, 0.25) is 5.91 Å². The Bertz CT molecular complexity index is 273. The van der Waals surface area contributed by atoms with E-state index in [0.717, 1.165) is 12.5 Å². The van der Waals surface area contributed by atoms with Crippen molar-refractivity contribution in [2.24, 2.45) is 10.9 Å². The van der Waals surface area contributed by atoms with Crippen molar-refractivity contribution in [1.82, 2.24) is 16.0 Å². The van der Waals surface area contributed by atoms with Crippen LogP contribution in [0.25, 0.3) is 0 Å². The first-order valence-corrected chi connectivity index (χ1v) is 6.99. The predicted molar refractivity (Wildman–Crippen MR) is 93.7 cm³/mol. The molecule has 0 bridgehead atoms. The van der Waals surface area contributed by atoms with Crippen LogP contribution in [0.3, 0.4) is 0 Å². The molecule has 20 heavy (non-hydrogen) atoms. The van der Waals surface area contributed by atoms with Gasteiger partial charge in [-0.3, -0.25) is 9.79 Å². The topological polar surface area (TPSA) is 74.8 Å². The fraction of sp³-hybridized carbons (Fsp3) is 0.846. The van der Waals surface area contributed by atoms with Crippen LogP contribution >= 0.6 is 24.0 Å². The van der Waals surface area contributed by atoms with Gasteiger partial charge in [-0.15, -0.1) is 24.0 Å². The SMILES string of the molecule is CCNC(=NCCOCC)NCCNC(=O)C(C)C.I. The van der Waals surface area contributed by atoms with Gasteiger partial charge in [0.1, 0.15) is 0 Å². The molecule has 0 aliphatic heterocycles. The Morgan fingerprint density at radius 1 is 1.15 bits per heavy atom. The first kappa shape index (κ1) is 21.7. The average Bonchev–Trinajstić information content (AvgIpc) is 2.38. The molecule has 0 saturated carbocycles. The van der Waals surface area contributed by atoms with Gasteiger partial charge in [-0.1, -0.05) is 13.8 Å². The summed E-state index contributed by atoms with van der Waals surface area (Å²) < 4.78 is 5.23. The number of aliphatic imine (C=N–C) groups is 1. The van der Waals surface area contributed by atoms with E-state index in [2.05, 4.69) is 20.9 Å². The van der Waals surface area contributed by atoms with Crippen LogP contribution in [0.5, 0.6) is 0 Å². The zero-order valence-electron chi connectivity index (χ0n) is 13.0. The molecular weight excluding hydrogens is 371 g/mol. The Morgan fingerprint density at radius 2 is 1.80 bits per heavy atom. The van der Waals surface area contributed by atoms with Crippen molar-refractivity contribution >= 4 is 35.8 Å². The number of ether oxygens (including phenoxy) is 1. The number of hydrogen-bond donors (Lipinski definition) is 3. The summed E-state index contributed by atoms with van der Waals surface area (Å²) in [5.41, 5.74) is 0. The van der Waals surface area contributed by atoms with Crippen molar-refractivity contribution in [3.05, 3.63) is 0 Å². The summed E-state index contributed by atoms with van der Waals surface area (Å²) in [5, 5.41) is 9.15. The molecule has 0 aromatic heterocycles. The summed E-state index contributed by atoms with van der Waals surface area (Å²) in [5.74, 6) is 0.842. The van der Waals surface area contributed by atoms with Crippen molar-refractivity contribution in [3.63, 3.8) is 0 Å². The van der Waals surface area contributed by atoms with Crippen LogP contribution in [0.2, 0.25) is 0 Å². The molecule has 0 aromatic carbocycles. The minimum absolute atomic E-state index is 0. The molecule has 3 N–H and O–H groups in total. The molecule has 0 radical (unpaired) electrons. The molecule has 1 amide bonds. The van der Waals surface area contributed by atoms with Crippen molar-refractivity contribution in [3.8, 4) is 0 Å². The van der Waals surface area contributed by atoms with E-state index >= 15 is 0 Å². The zero-order chi connectivity index (χ0) is 14.5. The second kappa shape index (κ2) is 14.8. The molecule has 0 heterocycles. The molecule has 0 spiro atoms. The van der Waals surface area contributed by atoms with Gasteiger partial charge in [-0.25, -0.2) is 0 Å². The van der Waals surface area contributed by atoms with Crippen molar-refractivity contribution < 1.29 is 9.53 Å². The summed E-state index contributed by atoms with van der Waals surface area (Å²) in [7, 11) is 0. The number of hydrogen-bond acceptors (Lipinski definition) is 3. The average molecular weight is 400 g/mol. The Morgan fingerprint density at radius 3 is 2.35 bits per heavy atom. The van der Waals surface area contributed by atoms with Crippen LogP contribution < -0.4 is 16.0 Å². The van der Waals surface area contributed by atoms with E-state index in [9.17, 15) is 4.79 Å². The highest BCUT2D eigenvalue weighted by molar-refractivity contribution is 14.0. The summed E-state index contributed by atoms with van der Waals surface area (Å²) in [6.07, 6.45) is 0. The number of halogens is 1. The third-order valence-corrected chi connectivity index (χ3v) is 2.29. The summed E-state index contributed by atoms with van der Waals surface area (Å²) in [6.45, 7) is 11.7. The minimum Gasteiger partial charge on any atom is -0.380 e. The fourth-order valence-corrected chi connectivity index (χ4v) is 1.28. The predicted octanol–water partition coefficient (Wildman–Crippen LogP) is 0.968. The number of nitrogens with one attached hydrogen (secondary N) is 3. The molecule has 0 aliphatic carbocycles. The zero-order valence-corrected chi connectivity index (χ0v) is 15.3. The lowest BCUT2D eigenvalue weighted by Crippen LogP contribution is -2.42. The van der Waals surface area contributed by atoms with Crippen LogP contribution in [0.1, 0.15) is 27.7 Å². The largest absolute Gasteiger partial charge is 0.380 e. The van der Waals surface area contributed by atoms with Crippen molar-refractivity contribution in [1.29, 1.82) is 0 Å². The smallest absolute Gasteiger partial charge is 0.222 e. The molecule has 0 aliphatic rings. The molecule has 0 aromatic rings. The summed E-state index contributed by atoms with van der Waals surface area (Å²) >= 11 is 0. The highest BCUT2D eigenvalue weighted by Gasteiger charge is 2.04. The maximum absolute atomic E-state index is 11.4.